The maximum Gasteiger partial charge on any atom is 0.203 e. The second-order valence-electron chi connectivity index (χ2n) is 8.67. The third-order valence-electron chi connectivity index (χ3n) is 6.79. The van der Waals surface area contributed by atoms with E-state index in [2.05, 4.69) is 10.6 Å². The van der Waals surface area contributed by atoms with Gasteiger partial charge in [0, 0.05) is 18.2 Å². The average molecular weight is 491 g/mol. The van der Waals surface area contributed by atoms with E-state index >= 15 is 0 Å². The van der Waals surface area contributed by atoms with Crippen molar-refractivity contribution in [3.63, 3.8) is 0 Å². The van der Waals surface area contributed by atoms with Crippen LogP contribution in [-0.2, 0) is 12.8 Å². The number of nitrogens with one attached hydrogen (secondary N) is 2. The van der Waals surface area contributed by atoms with Crippen LogP contribution in [0.15, 0.2) is 53.3 Å². The molecule has 0 spiro atoms. The fourth-order valence-electron chi connectivity index (χ4n) is 5.00. The maximum absolute atomic E-state index is 13.3. The molecule has 1 unspecified atom stereocenters. The summed E-state index contributed by atoms with van der Waals surface area (Å²) in [4.78, 5) is 13.3. The van der Waals surface area contributed by atoms with E-state index in [0.717, 1.165) is 52.8 Å². The molecule has 0 radical (unpaired) electrons. The largest absolute Gasteiger partial charge is 0.496 e. The molecule has 0 heterocycles. The number of para-hydroxylation sites is 1. The van der Waals surface area contributed by atoms with E-state index in [1.165, 1.54) is 0 Å². The van der Waals surface area contributed by atoms with E-state index in [-0.39, 0.29) is 11.5 Å². The van der Waals surface area contributed by atoms with Crippen molar-refractivity contribution in [3.8, 4) is 34.1 Å². The van der Waals surface area contributed by atoms with Crippen LogP contribution < -0.4 is 35.0 Å². The fraction of sp³-hybridized carbons (Fsp3) is 0.345. The Morgan fingerprint density at radius 1 is 0.889 bits per heavy atom. The summed E-state index contributed by atoms with van der Waals surface area (Å²) in [5, 5.41) is 6.72. The lowest BCUT2D eigenvalue weighted by atomic mass is 9.95. The summed E-state index contributed by atoms with van der Waals surface area (Å²) in [7, 11) is 8.45. The molecule has 0 saturated carbocycles. The Kier molecular flexibility index (Phi) is 8.00. The van der Waals surface area contributed by atoms with Crippen molar-refractivity contribution >= 4 is 5.69 Å². The molecule has 36 heavy (non-hydrogen) atoms. The van der Waals surface area contributed by atoms with Crippen molar-refractivity contribution in [2.24, 2.45) is 0 Å². The number of benzene rings is 2. The van der Waals surface area contributed by atoms with Gasteiger partial charge in [-0.2, -0.15) is 0 Å². The summed E-state index contributed by atoms with van der Waals surface area (Å²) in [5.74, 6) is 2.61. The summed E-state index contributed by atoms with van der Waals surface area (Å²) in [6.07, 6.45) is 2.36. The van der Waals surface area contributed by atoms with Gasteiger partial charge in [-0.3, -0.25) is 4.79 Å². The van der Waals surface area contributed by atoms with E-state index in [4.69, 9.17) is 18.9 Å². The smallest absolute Gasteiger partial charge is 0.203 e. The maximum atomic E-state index is 13.3. The topological polar surface area (TPSA) is 78.1 Å². The van der Waals surface area contributed by atoms with E-state index in [9.17, 15) is 4.79 Å². The highest BCUT2D eigenvalue weighted by atomic mass is 16.5. The first kappa shape index (κ1) is 25.4. The van der Waals surface area contributed by atoms with Crippen molar-refractivity contribution in [2.45, 2.75) is 25.3 Å². The van der Waals surface area contributed by atoms with Gasteiger partial charge in [0.15, 0.2) is 11.5 Å². The Balaban J connectivity index is 1.78. The van der Waals surface area contributed by atoms with Crippen LogP contribution in [0.4, 0.5) is 5.69 Å². The molecule has 4 rings (SSSR count). The Hall–Kier alpha value is -3.71. The van der Waals surface area contributed by atoms with E-state index < -0.39 is 0 Å². The first-order chi connectivity index (χ1) is 17.6. The molecule has 3 aromatic rings. The zero-order chi connectivity index (χ0) is 25.7. The molecule has 1 aliphatic carbocycles. The number of fused-ring (bicyclic) bond motifs is 3. The van der Waals surface area contributed by atoms with E-state index in [1.54, 1.807) is 34.5 Å². The summed E-state index contributed by atoms with van der Waals surface area (Å²) in [6, 6.07) is 15.5. The summed E-state index contributed by atoms with van der Waals surface area (Å²) in [5.41, 5.74) is 5.48. The summed E-state index contributed by atoms with van der Waals surface area (Å²) in [6.45, 7) is 0.602. The quantitative estimate of drug-likeness (QED) is 0.454. The second-order valence-corrected chi connectivity index (χ2v) is 8.67. The number of hydrogen-bond acceptors (Lipinski definition) is 7. The van der Waals surface area contributed by atoms with Crippen molar-refractivity contribution in [2.75, 3.05) is 47.3 Å². The number of anilines is 1. The van der Waals surface area contributed by atoms with Gasteiger partial charge in [0.25, 0.3) is 0 Å². The predicted molar refractivity (Wildman–Crippen MR) is 143 cm³/mol. The molecule has 190 valence electrons. The first-order valence-electron chi connectivity index (χ1n) is 12.1. The first-order valence-corrected chi connectivity index (χ1v) is 12.1. The van der Waals surface area contributed by atoms with Crippen molar-refractivity contribution < 1.29 is 18.9 Å². The Morgan fingerprint density at radius 2 is 1.64 bits per heavy atom. The van der Waals surface area contributed by atoms with Gasteiger partial charge < -0.3 is 29.6 Å². The lowest BCUT2D eigenvalue weighted by molar-refractivity contribution is 0.324. The molecule has 1 atom stereocenters. The molecule has 7 nitrogen and oxygen atoms in total. The van der Waals surface area contributed by atoms with Crippen LogP contribution in [0.3, 0.4) is 0 Å². The number of aryl methyl sites for hydroxylation is 1. The molecule has 0 amide bonds. The lowest BCUT2D eigenvalue weighted by Crippen LogP contribution is -2.18. The molecule has 3 aromatic carbocycles. The van der Waals surface area contributed by atoms with Gasteiger partial charge in [-0.05, 0) is 72.8 Å². The summed E-state index contributed by atoms with van der Waals surface area (Å²) < 4.78 is 22.6. The molecule has 7 heteroatoms. The number of ether oxygens (including phenoxy) is 4. The van der Waals surface area contributed by atoms with Crippen molar-refractivity contribution in [1.29, 1.82) is 0 Å². The average Bonchev–Trinajstić information content (AvgIpc) is 3.15. The van der Waals surface area contributed by atoms with Gasteiger partial charge in [0.1, 0.15) is 5.75 Å². The summed E-state index contributed by atoms with van der Waals surface area (Å²) >= 11 is 0. The van der Waals surface area contributed by atoms with Crippen LogP contribution in [0.5, 0.6) is 23.0 Å². The molecular formula is C29H34N2O5. The molecule has 0 fully saturated rings. The van der Waals surface area contributed by atoms with Crippen LogP contribution in [0.1, 0.15) is 29.2 Å². The highest BCUT2D eigenvalue weighted by molar-refractivity contribution is 5.83. The molecule has 0 aromatic heterocycles. The van der Waals surface area contributed by atoms with Crippen molar-refractivity contribution in [1.82, 2.24) is 5.32 Å². The number of hydrogen-bond donors (Lipinski definition) is 2. The van der Waals surface area contributed by atoms with Crippen LogP contribution in [0, 0.1) is 0 Å². The van der Waals surface area contributed by atoms with Gasteiger partial charge in [-0.1, -0.05) is 24.3 Å². The molecule has 1 aliphatic rings. The van der Waals surface area contributed by atoms with Gasteiger partial charge in [-0.15, -0.1) is 0 Å². The van der Waals surface area contributed by atoms with E-state index in [0.29, 0.717) is 29.5 Å². The van der Waals surface area contributed by atoms with Gasteiger partial charge >= 0.3 is 0 Å². The molecule has 0 saturated heterocycles. The number of rotatable bonds is 9. The van der Waals surface area contributed by atoms with Gasteiger partial charge in [0.05, 0.1) is 34.1 Å². The monoisotopic (exact) mass is 490 g/mol. The minimum absolute atomic E-state index is 0.00984. The highest BCUT2D eigenvalue weighted by Gasteiger charge is 2.28. The Bertz CT molecular complexity index is 1290. The van der Waals surface area contributed by atoms with Gasteiger partial charge in [0.2, 0.25) is 11.2 Å². The van der Waals surface area contributed by atoms with Crippen LogP contribution in [0.25, 0.3) is 11.1 Å². The normalized spacial score (nSPS) is 14.2. The number of methoxy groups -OCH3 is 4. The Morgan fingerprint density at radius 3 is 2.33 bits per heavy atom. The fourth-order valence-corrected chi connectivity index (χ4v) is 5.00. The second kappa shape index (κ2) is 11.4. The minimum Gasteiger partial charge on any atom is -0.496 e. The highest BCUT2D eigenvalue weighted by Crippen LogP contribution is 2.50. The molecule has 2 N–H and O–H groups in total. The van der Waals surface area contributed by atoms with Crippen LogP contribution >= 0.6 is 0 Å². The van der Waals surface area contributed by atoms with Crippen LogP contribution in [-0.4, -0.2) is 42.0 Å². The zero-order valence-electron chi connectivity index (χ0n) is 21.6. The third kappa shape index (κ3) is 4.84. The van der Waals surface area contributed by atoms with Gasteiger partial charge in [-0.25, -0.2) is 0 Å². The Labute approximate surface area is 212 Å². The zero-order valence-corrected chi connectivity index (χ0v) is 21.6. The third-order valence-corrected chi connectivity index (χ3v) is 6.79. The molecule has 0 aliphatic heterocycles. The standard InChI is InChI=1S/C29H34N2O5/c1-30-22-12-10-19-16-26(34-3)28(35-4)29(36-5)27(19)20-11-13-23(24(32)17-21(20)22)31-15-14-18-8-6-7-9-25(18)33-2/h6-9,11,13,16-17,22,30H,10,12,14-15H2,1-5H3,(H,31,32). The minimum atomic E-state index is -0.0561. The lowest BCUT2D eigenvalue weighted by Gasteiger charge is -2.19. The van der Waals surface area contributed by atoms with E-state index in [1.807, 2.05) is 49.5 Å². The SMILES string of the molecule is CNC1CCc2cc(OC)c(OC)c(OC)c2-c2ccc(NCCc3ccccc3OC)c(=O)cc21. The predicted octanol–water partition coefficient (Wildman–Crippen LogP) is 4.61. The van der Waals surface area contributed by atoms with Crippen LogP contribution in [0.2, 0.25) is 0 Å². The van der Waals surface area contributed by atoms with Crippen molar-refractivity contribution in [3.05, 3.63) is 75.4 Å². The molecule has 0 bridgehead atoms. The molecular weight excluding hydrogens is 456 g/mol.